The van der Waals surface area contributed by atoms with Crippen LogP contribution >= 0.6 is 15.9 Å². The average Bonchev–Trinajstić information content (AvgIpc) is 2.84. The number of benzene rings is 3. The molecule has 4 rings (SSSR count). The molecule has 37 heavy (non-hydrogen) atoms. The highest BCUT2D eigenvalue weighted by Gasteiger charge is 2.31. The van der Waals surface area contributed by atoms with Gasteiger partial charge in [0.15, 0.2) is 6.79 Å². The predicted molar refractivity (Wildman–Crippen MR) is 136 cm³/mol. The summed E-state index contributed by atoms with van der Waals surface area (Å²) >= 11 is 3.32. The number of nitrogens with zero attached hydrogens (tertiary/aromatic N) is 1. The molecule has 2 N–H and O–H groups in total. The molecule has 0 unspecified atom stereocenters. The van der Waals surface area contributed by atoms with Crippen molar-refractivity contribution in [3.63, 3.8) is 0 Å². The summed E-state index contributed by atoms with van der Waals surface area (Å²) in [5.74, 6) is -0.0362. The Morgan fingerprint density at radius 2 is 1.81 bits per heavy atom. The van der Waals surface area contributed by atoms with Gasteiger partial charge in [0.1, 0.15) is 11.5 Å². The number of methoxy groups -OCH3 is 1. The van der Waals surface area contributed by atoms with E-state index in [1.165, 1.54) is 12.1 Å². The van der Waals surface area contributed by atoms with E-state index in [1.807, 2.05) is 6.07 Å². The summed E-state index contributed by atoms with van der Waals surface area (Å²) in [4.78, 5) is 14.9. The number of hydrogen-bond acceptors (Lipinski definition) is 6. The smallest absolute Gasteiger partial charge is 0.465 e. The van der Waals surface area contributed by atoms with Crippen LogP contribution in [0.5, 0.6) is 11.5 Å². The lowest BCUT2D eigenvalue weighted by atomic mass is 9.93. The maximum Gasteiger partial charge on any atom is 0.573 e. The molecule has 0 fully saturated rings. The third-order valence-electron chi connectivity index (χ3n) is 5.71. The second-order valence-electron chi connectivity index (χ2n) is 8.15. The van der Waals surface area contributed by atoms with Crippen LogP contribution in [0.15, 0.2) is 59.1 Å². The number of anilines is 2. The van der Waals surface area contributed by atoms with Crippen LogP contribution in [0.2, 0.25) is 0 Å². The summed E-state index contributed by atoms with van der Waals surface area (Å²) in [6, 6.07) is 14.6. The van der Waals surface area contributed by atoms with Crippen molar-refractivity contribution < 1.29 is 36.9 Å². The number of carbonyl (C=O) groups excluding carboxylic acids is 1. The van der Waals surface area contributed by atoms with Crippen LogP contribution in [0, 0.1) is 0 Å². The Bertz CT molecular complexity index is 1290. The van der Waals surface area contributed by atoms with Crippen molar-refractivity contribution in [1.29, 1.82) is 0 Å². The van der Waals surface area contributed by atoms with E-state index in [0.29, 0.717) is 58.9 Å². The quantitative estimate of drug-likeness (QED) is 0.196. The zero-order valence-electron chi connectivity index (χ0n) is 19.8. The van der Waals surface area contributed by atoms with E-state index in [9.17, 15) is 18.0 Å². The van der Waals surface area contributed by atoms with Crippen molar-refractivity contribution >= 4 is 33.2 Å². The molecule has 11 heteroatoms. The van der Waals surface area contributed by atoms with Gasteiger partial charge in [-0.15, -0.1) is 13.2 Å². The van der Waals surface area contributed by atoms with Crippen molar-refractivity contribution in [3.8, 4) is 22.6 Å². The maximum absolute atomic E-state index is 13.3. The highest BCUT2D eigenvalue weighted by Crippen LogP contribution is 2.36. The van der Waals surface area contributed by atoms with E-state index in [4.69, 9.17) is 19.9 Å². The van der Waals surface area contributed by atoms with E-state index < -0.39 is 6.36 Å². The largest absolute Gasteiger partial charge is 0.573 e. The molecule has 0 saturated heterocycles. The van der Waals surface area contributed by atoms with Gasteiger partial charge in [-0.05, 0) is 65.6 Å². The van der Waals surface area contributed by atoms with E-state index >= 15 is 0 Å². The highest BCUT2D eigenvalue weighted by molar-refractivity contribution is 9.10. The molecule has 1 heterocycles. The summed E-state index contributed by atoms with van der Waals surface area (Å²) in [6.07, 6.45) is -4.18. The van der Waals surface area contributed by atoms with Crippen LogP contribution < -0.4 is 20.1 Å². The van der Waals surface area contributed by atoms with Crippen LogP contribution in [0.25, 0.3) is 11.1 Å². The monoisotopic (exact) mass is 580 g/mol. The van der Waals surface area contributed by atoms with Crippen molar-refractivity contribution in [2.75, 3.05) is 44.3 Å². The standard InChI is InChI=1S/C26H24BrF3N2O5/c1-34-10-11-35-15-36-24-7-3-18(13-23(24)31)32-9-8-17-12-16(2-5-21(17)25(32)33)20-6-4-19(14-22(20)27)37-26(28,29)30/h2-7,12-14H,8-11,15,31H2,1H3. The molecule has 3 aromatic carbocycles. The number of ether oxygens (including phenoxy) is 4. The minimum atomic E-state index is -4.77. The van der Waals surface area contributed by atoms with Gasteiger partial charge in [-0.3, -0.25) is 4.79 Å². The lowest BCUT2D eigenvalue weighted by Gasteiger charge is -2.29. The molecular formula is C26H24BrF3N2O5. The SMILES string of the molecule is COCCOCOc1ccc(N2CCc3cc(-c4ccc(OC(F)(F)F)cc4Br)ccc3C2=O)cc1N. The minimum absolute atomic E-state index is 0.0272. The number of halogens is 4. The Balaban J connectivity index is 1.48. The van der Waals surface area contributed by atoms with Gasteiger partial charge in [0.25, 0.3) is 5.91 Å². The first-order valence-electron chi connectivity index (χ1n) is 11.3. The molecule has 0 bridgehead atoms. The van der Waals surface area contributed by atoms with Gasteiger partial charge < -0.3 is 29.6 Å². The molecule has 1 amide bonds. The first kappa shape index (κ1) is 26.8. The normalized spacial score (nSPS) is 13.4. The Kier molecular flexibility index (Phi) is 8.25. The van der Waals surface area contributed by atoms with Gasteiger partial charge in [-0.1, -0.05) is 28.1 Å². The number of nitrogen functional groups attached to an aromatic ring is 1. The molecule has 0 saturated carbocycles. The fraction of sp³-hybridized carbons (Fsp3) is 0.269. The molecule has 0 aliphatic carbocycles. The Morgan fingerprint density at radius 3 is 2.51 bits per heavy atom. The molecule has 0 radical (unpaired) electrons. The third-order valence-corrected chi connectivity index (χ3v) is 6.36. The first-order valence-corrected chi connectivity index (χ1v) is 12.0. The zero-order valence-corrected chi connectivity index (χ0v) is 21.4. The number of alkyl halides is 3. The van der Waals surface area contributed by atoms with Gasteiger partial charge in [-0.25, -0.2) is 0 Å². The van der Waals surface area contributed by atoms with Crippen LogP contribution in [0.4, 0.5) is 24.5 Å². The Labute approximate surface area is 220 Å². The summed E-state index contributed by atoms with van der Waals surface area (Å²) in [5.41, 5.74) is 10.0. The van der Waals surface area contributed by atoms with Crippen molar-refractivity contribution in [3.05, 3.63) is 70.2 Å². The van der Waals surface area contributed by atoms with Crippen molar-refractivity contribution in [1.82, 2.24) is 0 Å². The molecule has 1 aliphatic rings. The topological polar surface area (TPSA) is 83.2 Å². The van der Waals surface area contributed by atoms with E-state index in [-0.39, 0.29) is 18.4 Å². The Hall–Kier alpha value is -3.28. The van der Waals surface area contributed by atoms with Crippen LogP contribution in [0.3, 0.4) is 0 Å². The fourth-order valence-corrected chi connectivity index (χ4v) is 4.56. The second kappa shape index (κ2) is 11.4. The van der Waals surface area contributed by atoms with E-state index in [0.717, 1.165) is 11.1 Å². The lowest BCUT2D eigenvalue weighted by molar-refractivity contribution is -0.274. The van der Waals surface area contributed by atoms with E-state index in [2.05, 4.69) is 20.7 Å². The highest BCUT2D eigenvalue weighted by atomic mass is 79.9. The van der Waals surface area contributed by atoms with Crippen molar-refractivity contribution in [2.45, 2.75) is 12.8 Å². The van der Waals surface area contributed by atoms with Crippen LogP contribution in [-0.4, -0.2) is 45.9 Å². The average molecular weight is 581 g/mol. The summed E-state index contributed by atoms with van der Waals surface area (Å²) < 4.78 is 57.7. The molecule has 0 spiro atoms. The number of carbonyl (C=O) groups is 1. The Morgan fingerprint density at radius 1 is 1.03 bits per heavy atom. The number of nitrogens with two attached hydrogens (primary N) is 1. The molecule has 3 aromatic rings. The molecule has 0 atom stereocenters. The predicted octanol–water partition coefficient (Wildman–Crippen LogP) is 5.80. The van der Waals surface area contributed by atoms with Gasteiger partial charge in [-0.2, -0.15) is 0 Å². The lowest BCUT2D eigenvalue weighted by Crippen LogP contribution is -2.37. The number of rotatable bonds is 9. The maximum atomic E-state index is 13.3. The summed E-state index contributed by atoms with van der Waals surface area (Å²) in [6.45, 7) is 1.32. The summed E-state index contributed by atoms with van der Waals surface area (Å²) in [7, 11) is 1.58. The molecule has 196 valence electrons. The molecule has 7 nitrogen and oxygen atoms in total. The second-order valence-corrected chi connectivity index (χ2v) is 9.01. The van der Waals surface area contributed by atoms with Gasteiger partial charge in [0.2, 0.25) is 0 Å². The van der Waals surface area contributed by atoms with Gasteiger partial charge >= 0.3 is 6.36 Å². The third kappa shape index (κ3) is 6.54. The van der Waals surface area contributed by atoms with E-state index in [1.54, 1.807) is 48.4 Å². The molecular weight excluding hydrogens is 557 g/mol. The zero-order chi connectivity index (χ0) is 26.6. The number of hydrogen-bond donors (Lipinski definition) is 1. The number of amides is 1. The summed E-state index contributed by atoms with van der Waals surface area (Å²) in [5, 5.41) is 0. The van der Waals surface area contributed by atoms with Gasteiger partial charge in [0, 0.05) is 29.4 Å². The number of fused-ring (bicyclic) bond motifs is 1. The molecule has 1 aliphatic heterocycles. The van der Waals surface area contributed by atoms with Crippen LogP contribution in [-0.2, 0) is 15.9 Å². The van der Waals surface area contributed by atoms with Crippen molar-refractivity contribution in [2.24, 2.45) is 0 Å². The fourth-order valence-electron chi connectivity index (χ4n) is 3.97. The first-order chi connectivity index (χ1) is 17.7. The van der Waals surface area contributed by atoms with Gasteiger partial charge in [0.05, 0.1) is 18.9 Å². The molecule has 0 aromatic heterocycles. The van der Waals surface area contributed by atoms with Crippen LogP contribution in [0.1, 0.15) is 15.9 Å². The minimum Gasteiger partial charge on any atom is -0.465 e.